The summed E-state index contributed by atoms with van der Waals surface area (Å²) in [5, 5.41) is 11.1. The van der Waals surface area contributed by atoms with Crippen LogP contribution in [0.3, 0.4) is 0 Å². The number of carbonyl (C=O) groups is 2. The molecule has 0 spiro atoms. The van der Waals surface area contributed by atoms with E-state index in [9.17, 15) is 50.1 Å². The number of ether oxygens (including phenoxy) is 2. The second-order valence-corrected chi connectivity index (χ2v) is 17.4. The lowest BCUT2D eigenvalue weighted by molar-refractivity contribution is -0.771. The second-order valence-electron chi connectivity index (χ2n) is 15.1. The fraction of sp³-hybridized carbons (Fsp3) is 0.778. The minimum Gasteiger partial charge on any atom is -0.462 e. The molecule has 0 unspecified atom stereocenters. The number of hydrogen-bond donors (Lipinski definition) is 0. The van der Waals surface area contributed by atoms with E-state index in [-0.39, 0.29) is 35.5 Å². The first kappa shape index (κ1) is 41.7. The molecule has 0 bridgehead atoms. The molecule has 1 aromatic carbocycles. The van der Waals surface area contributed by atoms with Gasteiger partial charge in [-0.05, 0) is 86.0 Å². The lowest BCUT2D eigenvalue weighted by Crippen LogP contribution is -2.54. The lowest BCUT2D eigenvalue weighted by Gasteiger charge is -2.55. The fourth-order valence-corrected chi connectivity index (χ4v) is 10.7. The van der Waals surface area contributed by atoms with Crippen LogP contribution >= 0.6 is 0 Å². The van der Waals surface area contributed by atoms with Crippen molar-refractivity contribution in [3.63, 3.8) is 0 Å². The molecule has 10 nitrogen and oxygen atoms in total. The molecule has 0 heterocycles. The Morgan fingerprint density at radius 2 is 1.58 bits per heavy atom. The number of carbonyl (C=O) groups excluding carboxylic acids is 2. The summed E-state index contributed by atoms with van der Waals surface area (Å²) in [7, 11) is -3.73. The first-order chi connectivity index (χ1) is 24.2. The molecular weight excluding hydrogens is 717 g/mol. The summed E-state index contributed by atoms with van der Waals surface area (Å²) in [6.45, 7) is 4.74. The lowest BCUT2D eigenvalue weighted by atomic mass is 9.51. The van der Waals surface area contributed by atoms with Gasteiger partial charge in [0, 0.05) is 31.6 Å². The molecule has 294 valence electrons. The number of fused-ring (bicyclic) bond motifs is 5. The number of benzene rings is 1. The van der Waals surface area contributed by atoms with Crippen molar-refractivity contribution < 1.29 is 59.4 Å². The zero-order chi connectivity index (χ0) is 38.5. The quantitative estimate of drug-likeness (QED) is 0.0360. The van der Waals surface area contributed by atoms with Crippen molar-refractivity contribution in [2.75, 3.05) is 11.5 Å². The van der Waals surface area contributed by atoms with E-state index in [0.29, 0.717) is 37.9 Å². The minimum absolute atomic E-state index is 0.0259. The normalized spacial score (nSPS) is 27.2. The first-order valence-electron chi connectivity index (χ1n) is 18.2. The Morgan fingerprint density at radius 1 is 0.942 bits per heavy atom. The van der Waals surface area contributed by atoms with Gasteiger partial charge >= 0.3 is 24.0 Å². The van der Waals surface area contributed by atoms with Crippen LogP contribution in [0.2, 0.25) is 0 Å². The largest absolute Gasteiger partial charge is 0.462 e. The van der Waals surface area contributed by atoms with Gasteiger partial charge in [-0.1, -0.05) is 51.5 Å². The highest BCUT2D eigenvalue weighted by atomic mass is 32.2. The third-order valence-corrected chi connectivity index (χ3v) is 13.2. The standard InChI is InChI=1S/C36H50F5NO9S/c1-23(43)49-27-13-14-28-26(21-27)20-25(32-29-15-16-31(50-24(2)44)34(29,3)22-30(33(28)32)51-42(45)46)12-9-7-5-4-6-8-10-18-52(47,48)19-11-17-35(37,38)36(39,40)41/h13-14,21,25,29-33H,4-12,15-20,22H2,1-3H3/t25-,29+,30+,31+,32+,33+,34+/m1/s1. The van der Waals surface area contributed by atoms with Gasteiger partial charge in [-0.25, -0.2) is 8.42 Å². The van der Waals surface area contributed by atoms with Crippen LogP contribution < -0.4 is 4.74 Å². The van der Waals surface area contributed by atoms with Gasteiger partial charge in [0.25, 0.3) is 5.09 Å². The summed E-state index contributed by atoms with van der Waals surface area (Å²) >= 11 is 0. The Kier molecular flexibility index (Phi) is 13.6. The minimum atomic E-state index is -5.70. The smallest absolute Gasteiger partial charge is 0.453 e. The number of sulfone groups is 1. The van der Waals surface area contributed by atoms with E-state index in [1.165, 1.54) is 13.8 Å². The molecule has 0 aliphatic heterocycles. The molecular formula is C36H50F5NO9S. The van der Waals surface area contributed by atoms with Crippen LogP contribution in [-0.2, 0) is 35.4 Å². The van der Waals surface area contributed by atoms with E-state index in [1.807, 2.05) is 12.1 Å². The van der Waals surface area contributed by atoms with Gasteiger partial charge in [0.2, 0.25) is 0 Å². The van der Waals surface area contributed by atoms with Crippen molar-refractivity contribution in [3.8, 4) is 5.75 Å². The van der Waals surface area contributed by atoms with E-state index in [1.54, 1.807) is 6.07 Å². The van der Waals surface area contributed by atoms with Gasteiger partial charge in [0.05, 0.1) is 11.5 Å². The van der Waals surface area contributed by atoms with Crippen molar-refractivity contribution in [2.45, 2.75) is 141 Å². The monoisotopic (exact) mass is 767 g/mol. The Morgan fingerprint density at radius 3 is 2.19 bits per heavy atom. The number of rotatable bonds is 18. The molecule has 7 atom stereocenters. The average Bonchev–Trinajstić information content (AvgIpc) is 3.32. The number of hydrogen-bond acceptors (Lipinski definition) is 9. The van der Waals surface area contributed by atoms with Crippen molar-refractivity contribution in [1.82, 2.24) is 0 Å². The Balaban J connectivity index is 1.35. The van der Waals surface area contributed by atoms with Gasteiger partial charge in [0.1, 0.15) is 27.8 Å². The van der Waals surface area contributed by atoms with Gasteiger partial charge in [-0.2, -0.15) is 22.0 Å². The summed E-state index contributed by atoms with van der Waals surface area (Å²) in [6.07, 6.45) is -0.659. The van der Waals surface area contributed by atoms with Crippen molar-refractivity contribution in [3.05, 3.63) is 39.4 Å². The maximum absolute atomic E-state index is 13.1. The highest BCUT2D eigenvalue weighted by Gasteiger charge is 2.62. The molecule has 0 radical (unpaired) electrons. The van der Waals surface area contributed by atoms with Gasteiger partial charge in [0.15, 0.2) is 0 Å². The number of unbranched alkanes of at least 4 members (excludes halogenated alkanes) is 6. The summed E-state index contributed by atoms with van der Waals surface area (Å²) in [6, 6.07) is 5.43. The Bertz CT molecular complexity index is 1540. The van der Waals surface area contributed by atoms with E-state index < -0.39 is 69.1 Å². The van der Waals surface area contributed by atoms with Crippen LogP contribution in [0.1, 0.15) is 121 Å². The molecule has 52 heavy (non-hydrogen) atoms. The SMILES string of the molecule is CC(=O)Oc1ccc2c(c1)C[C@@H](CCCCCCCCCS(=O)(=O)CCCC(F)(F)C(F)(F)F)[C@@H]1[C@@H]2[C@@H](O[N+](=O)[O-])C[C@]2(C)[C@@H](OC(C)=O)CC[C@@H]12. The van der Waals surface area contributed by atoms with Crippen LogP contribution in [-0.4, -0.2) is 61.3 Å². The number of alkyl halides is 5. The average molecular weight is 768 g/mol. The van der Waals surface area contributed by atoms with Crippen LogP contribution in [0.15, 0.2) is 18.2 Å². The van der Waals surface area contributed by atoms with E-state index in [2.05, 4.69) is 6.92 Å². The molecule has 2 saturated carbocycles. The molecule has 0 saturated heterocycles. The van der Waals surface area contributed by atoms with Gasteiger partial charge in [-0.15, -0.1) is 10.1 Å². The van der Waals surface area contributed by atoms with E-state index in [0.717, 1.165) is 56.1 Å². The number of nitrogens with zero attached hydrogens (tertiary/aromatic N) is 1. The third-order valence-electron chi connectivity index (χ3n) is 11.4. The predicted molar refractivity (Wildman–Crippen MR) is 180 cm³/mol. The zero-order valence-corrected chi connectivity index (χ0v) is 30.7. The van der Waals surface area contributed by atoms with Gasteiger partial charge < -0.3 is 14.3 Å². The second kappa shape index (κ2) is 17.0. The van der Waals surface area contributed by atoms with Crippen LogP contribution in [0.4, 0.5) is 22.0 Å². The summed E-state index contributed by atoms with van der Waals surface area (Å²) in [5.74, 6) is -6.30. The molecule has 4 rings (SSSR count). The highest BCUT2D eigenvalue weighted by molar-refractivity contribution is 7.91. The maximum atomic E-state index is 13.1. The molecule has 0 aromatic heterocycles. The molecule has 0 N–H and O–H groups in total. The summed E-state index contributed by atoms with van der Waals surface area (Å²) < 4.78 is 98.6. The van der Waals surface area contributed by atoms with Crippen LogP contribution in [0.25, 0.3) is 0 Å². The molecule has 3 aliphatic rings. The molecule has 16 heteroatoms. The summed E-state index contributed by atoms with van der Waals surface area (Å²) in [5.41, 5.74) is 1.40. The summed E-state index contributed by atoms with van der Waals surface area (Å²) in [4.78, 5) is 41.0. The van der Waals surface area contributed by atoms with Crippen molar-refractivity contribution >= 4 is 21.8 Å². The first-order valence-corrected chi connectivity index (χ1v) is 20.0. The predicted octanol–water partition coefficient (Wildman–Crippen LogP) is 8.33. The van der Waals surface area contributed by atoms with Crippen molar-refractivity contribution in [2.24, 2.45) is 23.2 Å². The topological polar surface area (TPSA) is 139 Å². The van der Waals surface area contributed by atoms with E-state index in [4.69, 9.17) is 14.3 Å². The Labute approximate surface area is 301 Å². The molecule has 3 aliphatic carbocycles. The van der Waals surface area contributed by atoms with Crippen LogP contribution in [0, 0.1) is 33.3 Å². The highest BCUT2D eigenvalue weighted by Crippen LogP contribution is 2.64. The van der Waals surface area contributed by atoms with Gasteiger partial charge in [-0.3, -0.25) is 9.59 Å². The number of esters is 2. The van der Waals surface area contributed by atoms with Crippen molar-refractivity contribution in [1.29, 1.82) is 0 Å². The zero-order valence-electron chi connectivity index (χ0n) is 29.9. The third kappa shape index (κ3) is 10.3. The number of halogens is 5. The van der Waals surface area contributed by atoms with Crippen LogP contribution in [0.5, 0.6) is 5.75 Å². The molecule has 0 amide bonds. The maximum Gasteiger partial charge on any atom is 0.453 e. The molecule has 1 aromatic rings. The van der Waals surface area contributed by atoms with E-state index >= 15 is 0 Å². The Hall–Kier alpha value is -3.04. The molecule has 2 fully saturated rings. The fourth-order valence-electron chi connectivity index (χ4n) is 9.24.